The molecule has 0 spiro atoms. The van der Waals surface area contributed by atoms with Crippen molar-refractivity contribution in [3.05, 3.63) is 41.4 Å². The van der Waals surface area contributed by atoms with E-state index in [9.17, 15) is 4.39 Å². The van der Waals surface area contributed by atoms with Crippen LogP contribution in [0.25, 0.3) is 11.3 Å². The number of hydrogen-bond acceptors (Lipinski definition) is 4. The van der Waals surface area contributed by atoms with Gasteiger partial charge in [-0.05, 0) is 18.2 Å². The summed E-state index contributed by atoms with van der Waals surface area (Å²) in [4.78, 5) is 7.87. The van der Waals surface area contributed by atoms with Gasteiger partial charge in [0.25, 0.3) is 0 Å². The molecule has 6 heteroatoms. The van der Waals surface area contributed by atoms with Crippen LogP contribution in [0.2, 0.25) is 5.02 Å². The number of nitrogens with zero attached hydrogens (tertiary/aromatic N) is 2. The Bertz CT molecular complexity index is 501. The normalized spacial score (nSPS) is 10.2. The smallest absolute Gasteiger partial charge is 0.176 e. The van der Waals surface area contributed by atoms with E-state index in [4.69, 9.17) is 17.4 Å². The summed E-state index contributed by atoms with van der Waals surface area (Å²) < 4.78 is 13.4. The molecule has 0 saturated heterocycles. The lowest BCUT2D eigenvalue weighted by atomic mass is 10.2. The Kier molecular flexibility index (Phi) is 2.98. The highest BCUT2D eigenvalue weighted by molar-refractivity contribution is 6.30. The van der Waals surface area contributed by atoms with Crippen molar-refractivity contribution in [1.29, 1.82) is 0 Å². The average Bonchev–Trinajstić information content (AvgIpc) is 2.30. The van der Waals surface area contributed by atoms with Crippen molar-refractivity contribution in [1.82, 2.24) is 9.97 Å². The summed E-state index contributed by atoms with van der Waals surface area (Å²) in [6, 6.07) is 4.67. The molecule has 0 amide bonds. The van der Waals surface area contributed by atoms with Crippen LogP contribution in [0.1, 0.15) is 0 Å². The van der Waals surface area contributed by atoms with Crippen LogP contribution in [0, 0.1) is 5.82 Å². The van der Waals surface area contributed by atoms with Gasteiger partial charge in [0, 0.05) is 18.0 Å². The van der Waals surface area contributed by atoms with Gasteiger partial charge in [-0.1, -0.05) is 11.6 Å². The van der Waals surface area contributed by atoms with Gasteiger partial charge in [0.15, 0.2) is 11.6 Å². The van der Waals surface area contributed by atoms with Crippen molar-refractivity contribution in [3.8, 4) is 11.3 Å². The number of anilines is 1. The van der Waals surface area contributed by atoms with Gasteiger partial charge in [-0.3, -0.25) is 4.98 Å². The van der Waals surface area contributed by atoms with Gasteiger partial charge in [0.05, 0.1) is 10.7 Å². The predicted octanol–water partition coefficient (Wildman–Crippen LogP) is 2.22. The van der Waals surface area contributed by atoms with E-state index in [1.807, 2.05) is 0 Å². The van der Waals surface area contributed by atoms with E-state index in [1.165, 1.54) is 18.5 Å². The van der Waals surface area contributed by atoms with Crippen LogP contribution in [0.15, 0.2) is 30.6 Å². The molecule has 0 unspecified atom stereocenters. The van der Waals surface area contributed by atoms with E-state index >= 15 is 0 Å². The third-order valence-corrected chi connectivity index (χ3v) is 2.22. The number of aromatic nitrogens is 2. The lowest BCUT2D eigenvalue weighted by Crippen LogP contribution is -2.10. The van der Waals surface area contributed by atoms with Crippen molar-refractivity contribution in [2.24, 2.45) is 5.84 Å². The molecule has 0 aliphatic carbocycles. The van der Waals surface area contributed by atoms with Crippen LogP contribution < -0.4 is 11.3 Å². The first-order chi connectivity index (χ1) is 7.70. The van der Waals surface area contributed by atoms with E-state index in [0.29, 0.717) is 16.3 Å². The third-order valence-electron chi connectivity index (χ3n) is 2.00. The highest BCUT2D eigenvalue weighted by Gasteiger charge is 2.06. The molecule has 0 fully saturated rings. The first kappa shape index (κ1) is 10.8. The molecular weight excluding hydrogens is 231 g/mol. The molecule has 4 nitrogen and oxygen atoms in total. The summed E-state index contributed by atoms with van der Waals surface area (Å²) in [6.45, 7) is 0. The molecule has 2 aromatic heterocycles. The fourth-order valence-corrected chi connectivity index (χ4v) is 1.34. The molecule has 2 rings (SSSR count). The Morgan fingerprint density at radius 2 is 2.06 bits per heavy atom. The highest BCUT2D eigenvalue weighted by Crippen LogP contribution is 2.21. The van der Waals surface area contributed by atoms with Crippen molar-refractivity contribution >= 4 is 17.4 Å². The van der Waals surface area contributed by atoms with Crippen molar-refractivity contribution in [2.45, 2.75) is 0 Å². The second-order valence-corrected chi connectivity index (χ2v) is 3.50. The van der Waals surface area contributed by atoms with Gasteiger partial charge in [-0.2, -0.15) is 0 Å². The largest absolute Gasteiger partial charge is 0.306 e. The van der Waals surface area contributed by atoms with Gasteiger partial charge < -0.3 is 5.43 Å². The summed E-state index contributed by atoms with van der Waals surface area (Å²) in [6.07, 6.45) is 2.97. The summed E-state index contributed by atoms with van der Waals surface area (Å²) >= 11 is 5.70. The number of nitrogen functional groups attached to an aromatic ring is 1. The fraction of sp³-hybridized carbons (Fsp3) is 0. The van der Waals surface area contributed by atoms with Crippen LogP contribution in [0.5, 0.6) is 0 Å². The van der Waals surface area contributed by atoms with Crippen molar-refractivity contribution < 1.29 is 4.39 Å². The summed E-state index contributed by atoms with van der Waals surface area (Å²) in [5, 5.41) is 0.525. The maximum Gasteiger partial charge on any atom is 0.176 e. The molecule has 0 atom stereocenters. The van der Waals surface area contributed by atoms with Crippen LogP contribution in [-0.2, 0) is 0 Å². The minimum absolute atomic E-state index is 0.00212. The number of nitrogens with one attached hydrogen (secondary N) is 1. The SMILES string of the molecule is NNc1ncc(-c2ccc(Cl)cn2)cc1F. The zero-order valence-corrected chi connectivity index (χ0v) is 8.87. The summed E-state index contributed by atoms with van der Waals surface area (Å²) in [5.41, 5.74) is 3.32. The molecule has 0 bridgehead atoms. The first-order valence-corrected chi connectivity index (χ1v) is 4.82. The van der Waals surface area contributed by atoms with Gasteiger partial charge in [0.1, 0.15) is 0 Å². The van der Waals surface area contributed by atoms with Crippen LogP contribution in [-0.4, -0.2) is 9.97 Å². The van der Waals surface area contributed by atoms with Gasteiger partial charge in [0.2, 0.25) is 0 Å². The summed E-state index contributed by atoms with van der Waals surface area (Å²) in [5.74, 6) is 4.54. The quantitative estimate of drug-likeness (QED) is 0.622. The fourth-order valence-electron chi connectivity index (χ4n) is 1.23. The highest BCUT2D eigenvalue weighted by atomic mass is 35.5. The number of rotatable bonds is 2. The zero-order valence-electron chi connectivity index (χ0n) is 8.11. The number of hydrazine groups is 1. The molecule has 2 aromatic rings. The van der Waals surface area contributed by atoms with E-state index in [0.717, 1.165) is 0 Å². The Hall–Kier alpha value is -1.72. The second-order valence-electron chi connectivity index (χ2n) is 3.06. The molecule has 3 N–H and O–H groups in total. The summed E-state index contributed by atoms with van der Waals surface area (Å²) in [7, 11) is 0. The maximum atomic E-state index is 13.4. The van der Waals surface area contributed by atoms with E-state index in [2.05, 4.69) is 15.4 Å². The first-order valence-electron chi connectivity index (χ1n) is 4.45. The molecule has 16 heavy (non-hydrogen) atoms. The van der Waals surface area contributed by atoms with E-state index in [1.54, 1.807) is 12.1 Å². The van der Waals surface area contributed by atoms with Crippen LogP contribution in [0.4, 0.5) is 10.2 Å². The van der Waals surface area contributed by atoms with E-state index < -0.39 is 5.82 Å². The maximum absolute atomic E-state index is 13.4. The van der Waals surface area contributed by atoms with Gasteiger partial charge in [-0.25, -0.2) is 15.2 Å². The van der Waals surface area contributed by atoms with Crippen molar-refractivity contribution in [3.63, 3.8) is 0 Å². The monoisotopic (exact) mass is 238 g/mol. The number of hydrogen-bond donors (Lipinski definition) is 2. The molecule has 82 valence electrons. The predicted molar refractivity (Wildman–Crippen MR) is 60.2 cm³/mol. The van der Waals surface area contributed by atoms with E-state index in [-0.39, 0.29) is 5.82 Å². The van der Waals surface area contributed by atoms with Gasteiger partial charge >= 0.3 is 0 Å². The zero-order chi connectivity index (χ0) is 11.5. The molecule has 0 aliphatic rings. The molecule has 0 saturated carbocycles. The Labute approximate surface area is 96.3 Å². The lowest BCUT2D eigenvalue weighted by molar-refractivity contribution is 0.625. The standard InChI is InChI=1S/C10H8ClFN4/c11-7-1-2-9(14-5-7)6-3-8(12)10(16-13)15-4-6/h1-5H,13H2,(H,15,16). The minimum atomic E-state index is -0.531. The number of pyridine rings is 2. The van der Waals surface area contributed by atoms with Gasteiger partial charge in [-0.15, -0.1) is 0 Å². The Morgan fingerprint density at radius 1 is 1.25 bits per heavy atom. The molecule has 0 radical (unpaired) electrons. The van der Waals surface area contributed by atoms with Crippen LogP contribution in [0.3, 0.4) is 0 Å². The second kappa shape index (κ2) is 4.42. The number of halogens is 2. The average molecular weight is 239 g/mol. The Balaban J connectivity index is 2.41. The third kappa shape index (κ3) is 2.10. The lowest BCUT2D eigenvalue weighted by Gasteiger charge is -2.04. The number of nitrogens with two attached hydrogens (primary N) is 1. The van der Waals surface area contributed by atoms with Crippen LogP contribution >= 0.6 is 11.6 Å². The molecular formula is C10H8ClFN4. The van der Waals surface area contributed by atoms with Crippen molar-refractivity contribution in [2.75, 3.05) is 5.43 Å². The minimum Gasteiger partial charge on any atom is -0.306 e. The topological polar surface area (TPSA) is 63.8 Å². The Morgan fingerprint density at radius 3 is 2.62 bits per heavy atom. The molecule has 2 heterocycles. The molecule has 0 aliphatic heterocycles. The molecule has 0 aromatic carbocycles.